The summed E-state index contributed by atoms with van der Waals surface area (Å²) in [6, 6.07) is 1.31. The number of rotatable bonds is 4. The molecule has 0 bridgehead atoms. The molecule has 1 atom stereocenters. The van der Waals surface area contributed by atoms with E-state index in [2.05, 4.69) is 4.98 Å². The van der Waals surface area contributed by atoms with E-state index in [1.165, 1.54) is 12.3 Å². The molecule has 21 heavy (non-hydrogen) atoms. The molecule has 1 aliphatic heterocycles. The lowest BCUT2D eigenvalue weighted by Crippen LogP contribution is -2.45. The van der Waals surface area contributed by atoms with Crippen molar-refractivity contribution < 1.29 is 14.7 Å². The summed E-state index contributed by atoms with van der Waals surface area (Å²) in [5.74, 6) is -1.16. The molecule has 0 spiro atoms. The van der Waals surface area contributed by atoms with Gasteiger partial charge in [0.15, 0.2) is 5.43 Å². The maximum Gasteiger partial charge on any atom is 0.303 e. The van der Waals surface area contributed by atoms with E-state index >= 15 is 0 Å². The maximum absolute atomic E-state index is 12.5. The van der Waals surface area contributed by atoms with Crippen molar-refractivity contribution in [2.75, 3.05) is 6.54 Å². The molecule has 6 heteroatoms. The third kappa shape index (κ3) is 3.71. The fourth-order valence-electron chi connectivity index (χ4n) is 2.75. The molecule has 1 aromatic heterocycles. The van der Waals surface area contributed by atoms with Gasteiger partial charge in [-0.25, -0.2) is 0 Å². The summed E-state index contributed by atoms with van der Waals surface area (Å²) in [6.45, 7) is 2.34. The SMILES string of the molecule is Cc1cc(=O)c(C(=O)N2CCCCC2CCC(=O)O)c[nH]1. The van der Waals surface area contributed by atoms with Gasteiger partial charge in [0, 0.05) is 37.0 Å². The summed E-state index contributed by atoms with van der Waals surface area (Å²) in [7, 11) is 0. The highest BCUT2D eigenvalue weighted by molar-refractivity contribution is 5.94. The van der Waals surface area contributed by atoms with Crippen molar-refractivity contribution in [3.05, 3.63) is 33.7 Å². The van der Waals surface area contributed by atoms with Gasteiger partial charge in [-0.05, 0) is 32.6 Å². The number of aliphatic carboxylic acids is 1. The Hall–Kier alpha value is -2.11. The quantitative estimate of drug-likeness (QED) is 0.880. The number of likely N-dealkylation sites (tertiary alicyclic amines) is 1. The standard InChI is InChI=1S/C15H20N2O4/c1-10-8-13(18)12(9-16-10)15(21)17-7-3-2-4-11(17)5-6-14(19)20/h8-9,11H,2-7H2,1H3,(H,16,18)(H,19,20). The van der Waals surface area contributed by atoms with E-state index in [9.17, 15) is 14.4 Å². The summed E-state index contributed by atoms with van der Waals surface area (Å²) in [6.07, 6.45) is 4.59. The Morgan fingerprint density at radius 1 is 1.43 bits per heavy atom. The summed E-state index contributed by atoms with van der Waals surface area (Å²) in [4.78, 5) is 39.7. The molecule has 1 unspecified atom stereocenters. The molecule has 1 amide bonds. The number of H-pyrrole nitrogens is 1. The van der Waals surface area contributed by atoms with Crippen molar-refractivity contribution >= 4 is 11.9 Å². The molecular formula is C15H20N2O4. The van der Waals surface area contributed by atoms with E-state index in [1.807, 2.05) is 0 Å². The van der Waals surface area contributed by atoms with Crippen LogP contribution in [0.1, 0.15) is 48.2 Å². The average molecular weight is 292 g/mol. The lowest BCUT2D eigenvalue weighted by Gasteiger charge is -2.35. The van der Waals surface area contributed by atoms with Crippen molar-refractivity contribution in [2.45, 2.75) is 45.1 Å². The minimum absolute atomic E-state index is 0.0404. The number of nitrogens with one attached hydrogen (secondary N) is 1. The van der Waals surface area contributed by atoms with Gasteiger partial charge in [0.05, 0.1) is 0 Å². The lowest BCUT2D eigenvalue weighted by atomic mass is 9.97. The van der Waals surface area contributed by atoms with Gasteiger partial charge in [-0.15, -0.1) is 0 Å². The van der Waals surface area contributed by atoms with Crippen molar-refractivity contribution in [2.24, 2.45) is 0 Å². The van der Waals surface area contributed by atoms with Gasteiger partial charge in [-0.3, -0.25) is 14.4 Å². The number of carbonyl (C=O) groups is 2. The zero-order valence-electron chi connectivity index (χ0n) is 12.1. The molecular weight excluding hydrogens is 272 g/mol. The summed E-state index contributed by atoms with van der Waals surface area (Å²) in [5, 5.41) is 8.80. The van der Waals surface area contributed by atoms with Crippen LogP contribution in [0.15, 0.2) is 17.1 Å². The molecule has 1 aromatic rings. The smallest absolute Gasteiger partial charge is 0.303 e. The normalized spacial score (nSPS) is 18.5. The maximum atomic E-state index is 12.5. The zero-order chi connectivity index (χ0) is 15.4. The molecule has 0 radical (unpaired) electrons. The van der Waals surface area contributed by atoms with Crippen LogP contribution in [0.4, 0.5) is 0 Å². The van der Waals surface area contributed by atoms with Crippen molar-refractivity contribution in [3.8, 4) is 0 Å². The number of aromatic amines is 1. The number of carboxylic acids is 1. The molecule has 6 nitrogen and oxygen atoms in total. The van der Waals surface area contributed by atoms with E-state index in [0.29, 0.717) is 18.7 Å². The largest absolute Gasteiger partial charge is 0.481 e. The fraction of sp³-hybridized carbons (Fsp3) is 0.533. The average Bonchev–Trinajstić information content (AvgIpc) is 2.45. The van der Waals surface area contributed by atoms with Gasteiger partial charge in [0.1, 0.15) is 5.56 Å². The van der Waals surface area contributed by atoms with Gasteiger partial charge in [-0.2, -0.15) is 0 Å². The van der Waals surface area contributed by atoms with Gasteiger partial charge in [0.2, 0.25) is 0 Å². The summed E-state index contributed by atoms with van der Waals surface area (Å²) in [5.41, 5.74) is 0.541. The molecule has 1 saturated heterocycles. The number of piperidine rings is 1. The highest BCUT2D eigenvalue weighted by Gasteiger charge is 2.28. The Labute approximate surface area is 122 Å². The van der Waals surface area contributed by atoms with E-state index in [0.717, 1.165) is 19.3 Å². The van der Waals surface area contributed by atoms with E-state index in [1.54, 1.807) is 11.8 Å². The second-order valence-electron chi connectivity index (χ2n) is 5.47. The molecule has 0 aliphatic carbocycles. The zero-order valence-corrected chi connectivity index (χ0v) is 12.1. The minimum atomic E-state index is -0.860. The first-order valence-electron chi connectivity index (χ1n) is 7.21. The second-order valence-corrected chi connectivity index (χ2v) is 5.47. The number of carboxylic acid groups (broad SMARTS) is 1. The number of aromatic nitrogens is 1. The van der Waals surface area contributed by atoms with Gasteiger partial charge < -0.3 is 15.0 Å². The predicted molar refractivity (Wildman–Crippen MR) is 77.3 cm³/mol. The molecule has 2 N–H and O–H groups in total. The molecule has 0 saturated carbocycles. The Kier molecular flexibility index (Phi) is 4.77. The number of pyridine rings is 1. The van der Waals surface area contributed by atoms with Crippen LogP contribution >= 0.6 is 0 Å². The highest BCUT2D eigenvalue weighted by atomic mass is 16.4. The number of carbonyl (C=O) groups excluding carboxylic acids is 1. The third-order valence-electron chi connectivity index (χ3n) is 3.87. The van der Waals surface area contributed by atoms with E-state index in [4.69, 9.17) is 5.11 Å². The summed E-state index contributed by atoms with van der Waals surface area (Å²) < 4.78 is 0. The molecule has 114 valence electrons. The number of hydrogen-bond donors (Lipinski definition) is 2. The monoisotopic (exact) mass is 292 g/mol. The Morgan fingerprint density at radius 3 is 2.86 bits per heavy atom. The number of hydrogen-bond acceptors (Lipinski definition) is 3. The van der Waals surface area contributed by atoms with Crippen LogP contribution in [0.5, 0.6) is 0 Å². The third-order valence-corrected chi connectivity index (χ3v) is 3.87. The van der Waals surface area contributed by atoms with Gasteiger partial charge >= 0.3 is 5.97 Å². The first-order valence-corrected chi connectivity index (χ1v) is 7.21. The van der Waals surface area contributed by atoms with Gasteiger partial charge in [-0.1, -0.05) is 0 Å². The van der Waals surface area contributed by atoms with Crippen LogP contribution in [0, 0.1) is 6.92 Å². The van der Waals surface area contributed by atoms with Gasteiger partial charge in [0.25, 0.3) is 5.91 Å². The molecule has 2 rings (SSSR count). The first kappa shape index (κ1) is 15.3. The van der Waals surface area contributed by atoms with Crippen LogP contribution < -0.4 is 5.43 Å². The molecule has 0 aromatic carbocycles. The lowest BCUT2D eigenvalue weighted by molar-refractivity contribution is -0.137. The minimum Gasteiger partial charge on any atom is -0.481 e. The number of aryl methyl sites for hydroxylation is 1. The summed E-state index contributed by atoms with van der Waals surface area (Å²) >= 11 is 0. The number of amides is 1. The van der Waals surface area contributed by atoms with Crippen LogP contribution in [0.2, 0.25) is 0 Å². The highest BCUT2D eigenvalue weighted by Crippen LogP contribution is 2.22. The second kappa shape index (κ2) is 6.56. The molecule has 1 aliphatic rings. The van der Waals surface area contributed by atoms with Crippen molar-refractivity contribution in [1.82, 2.24) is 9.88 Å². The van der Waals surface area contributed by atoms with Crippen LogP contribution in [0.25, 0.3) is 0 Å². The Morgan fingerprint density at radius 2 is 2.19 bits per heavy atom. The molecule has 1 fully saturated rings. The van der Waals surface area contributed by atoms with E-state index in [-0.39, 0.29) is 29.4 Å². The molecule has 2 heterocycles. The van der Waals surface area contributed by atoms with Crippen molar-refractivity contribution in [1.29, 1.82) is 0 Å². The Bertz CT molecular complexity index is 594. The Balaban J connectivity index is 2.18. The predicted octanol–water partition coefficient (Wildman–Crippen LogP) is 1.54. The fourth-order valence-corrected chi connectivity index (χ4v) is 2.75. The van der Waals surface area contributed by atoms with Crippen molar-refractivity contribution in [3.63, 3.8) is 0 Å². The first-order chi connectivity index (χ1) is 9.99. The van der Waals surface area contributed by atoms with Crippen LogP contribution in [-0.4, -0.2) is 39.5 Å². The van der Waals surface area contributed by atoms with Crippen LogP contribution in [0.3, 0.4) is 0 Å². The van der Waals surface area contributed by atoms with Crippen LogP contribution in [-0.2, 0) is 4.79 Å². The number of nitrogens with zero attached hydrogens (tertiary/aromatic N) is 1. The topological polar surface area (TPSA) is 90.5 Å². The van der Waals surface area contributed by atoms with E-state index < -0.39 is 5.97 Å².